The van der Waals surface area contributed by atoms with Crippen LogP contribution in [0.4, 0.5) is 0 Å². The molecule has 4 aromatic heterocycles. The standard InChI is InChI=1S/C33H37N11O.C10H13NO/c1-42(2)30(21-9-5-4-6-10-21)33(45)44-14-8-12-29(44)32-39-20-27(41-32)25-18-35-23(16-37-25)22-15-36-24(17-34-22)26-19-38-31(40-26)28-11-7-13-43(28)3;1-11(2)10(8-12)9-6-4-3-5-7-9/h4-6,9-10,15-20,28-30H,7-8,11-14H2,1-3H3,(H,38,40)(H,39,41);3-8,10H,1-2H3/t28-,29-,30+;10-/m00/s1. The van der Waals surface area contributed by atoms with Crippen LogP contribution in [-0.2, 0) is 9.59 Å². The van der Waals surface area contributed by atoms with E-state index in [0.29, 0.717) is 29.7 Å². The van der Waals surface area contributed by atoms with Crippen LogP contribution in [0.25, 0.3) is 34.2 Å². The molecule has 0 spiro atoms. The lowest BCUT2D eigenvalue weighted by Crippen LogP contribution is -2.40. The number of benzene rings is 2. The third kappa shape index (κ3) is 8.88. The first-order chi connectivity index (χ1) is 27.7. The number of carbonyl (C=O) groups excluding carboxylic acids is 2. The predicted molar refractivity (Wildman–Crippen MR) is 218 cm³/mol. The van der Waals surface area contributed by atoms with Crippen molar-refractivity contribution in [3.8, 4) is 34.2 Å². The van der Waals surface area contributed by atoms with Crippen molar-refractivity contribution < 1.29 is 9.59 Å². The van der Waals surface area contributed by atoms with Gasteiger partial charge in [0, 0.05) is 6.54 Å². The van der Waals surface area contributed by atoms with Gasteiger partial charge in [-0.05, 0) is 78.6 Å². The average molecular weight is 767 g/mol. The molecule has 14 nitrogen and oxygen atoms in total. The maximum atomic E-state index is 13.8. The minimum absolute atomic E-state index is 0.0808. The van der Waals surface area contributed by atoms with E-state index in [9.17, 15) is 9.59 Å². The van der Waals surface area contributed by atoms with Gasteiger partial charge in [0.1, 0.15) is 46.8 Å². The van der Waals surface area contributed by atoms with Crippen molar-refractivity contribution in [3.63, 3.8) is 0 Å². The van der Waals surface area contributed by atoms with E-state index in [4.69, 9.17) is 0 Å². The zero-order chi connectivity index (χ0) is 39.9. The summed E-state index contributed by atoms with van der Waals surface area (Å²) in [5.41, 5.74) is 6.27. The summed E-state index contributed by atoms with van der Waals surface area (Å²) in [7, 11) is 9.81. The summed E-state index contributed by atoms with van der Waals surface area (Å²) < 4.78 is 0. The molecule has 2 N–H and O–H groups in total. The van der Waals surface area contributed by atoms with E-state index >= 15 is 0 Å². The number of aromatic nitrogens is 8. The number of aromatic amines is 2. The lowest BCUT2D eigenvalue weighted by molar-refractivity contribution is -0.137. The van der Waals surface area contributed by atoms with Gasteiger partial charge in [-0.25, -0.2) is 9.97 Å². The molecule has 6 heterocycles. The third-order valence-corrected chi connectivity index (χ3v) is 10.7. The van der Waals surface area contributed by atoms with Crippen LogP contribution in [0, 0.1) is 0 Å². The highest BCUT2D eigenvalue weighted by Gasteiger charge is 2.37. The van der Waals surface area contributed by atoms with Gasteiger partial charge >= 0.3 is 0 Å². The first-order valence-corrected chi connectivity index (χ1v) is 19.4. The molecule has 57 heavy (non-hydrogen) atoms. The number of likely N-dealkylation sites (tertiary alicyclic amines) is 2. The van der Waals surface area contributed by atoms with Gasteiger partial charge in [-0.3, -0.25) is 39.4 Å². The Bertz CT molecular complexity index is 2200. The summed E-state index contributed by atoms with van der Waals surface area (Å²) in [6, 6.07) is 19.4. The summed E-state index contributed by atoms with van der Waals surface area (Å²) in [6.07, 6.45) is 15.4. The molecule has 2 aliphatic heterocycles. The number of H-pyrrole nitrogens is 2. The molecule has 0 saturated carbocycles. The Morgan fingerprint density at radius 2 is 1.14 bits per heavy atom. The molecule has 4 atom stereocenters. The summed E-state index contributed by atoms with van der Waals surface area (Å²) >= 11 is 0. The zero-order valence-corrected chi connectivity index (χ0v) is 33.2. The zero-order valence-electron chi connectivity index (χ0n) is 33.2. The minimum atomic E-state index is -0.354. The molecule has 1 amide bonds. The van der Waals surface area contributed by atoms with Crippen LogP contribution in [0.15, 0.2) is 97.8 Å². The first kappa shape index (κ1) is 39.3. The molecule has 0 radical (unpaired) electrons. The van der Waals surface area contributed by atoms with E-state index in [1.807, 2.05) is 110 Å². The Labute approximate surface area is 333 Å². The van der Waals surface area contributed by atoms with Gasteiger partial charge in [-0.2, -0.15) is 0 Å². The lowest BCUT2D eigenvalue weighted by atomic mass is 10.0. The molecule has 6 aromatic rings. The highest BCUT2D eigenvalue weighted by molar-refractivity contribution is 5.84. The van der Waals surface area contributed by atoms with Gasteiger partial charge in [-0.1, -0.05) is 60.7 Å². The number of rotatable bonds is 11. The molecule has 0 aliphatic carbocycles. The fraction of sp³-hybridized carbons (Fsp3) is 0.349. The third-order valence-electron chi connectivity index (χ3n) is 10.7. The fourth-order valence-corrected chi connectivity index (χ4v) is 7.64. The lowest BCUT2D eigenvalue weighted by Gasteiger charge is -2.31. The predicted octanol–water partition coefficient (Wildman–Crippen LogP) is 5.94. The number of imidazole rings is 2. The van der Waals surface area contributed by atoms with E-state index < -0.39 is 0 Å². The van der Waals surface area contributed by atoms with Crippen molar-refractivity contribution in [1.82, 2.24) is 59.5 Å². The second-order valence-corrected chi connectivity index (χ2v) is 15.0. The van der Waals surface area contributed by atoms with Crippen molar-refractivity contribution in [2.45, 2.75) is 49.9 Å². The molecular weight excluding hydrogens is 717 g/mol. The van der Waals surface area contributed by atoms with Crippen molar-refractivity contribution in [2.24, 2.45) is 0 Å². The van der Waals surface area contributed by atoms with E-state index in [1.165, 1.54) is 6.42 Å². The number of hydrogen-bond donors (Lipinski definition) is 2. The van der Waals surface area contributed by atoms with Gasteiger partial charge in [0.15, 0.2) is 0 Å². The SMILES string of the molecule is CN(C)[C@@H](C(=O)N1CCC[C@H]1c1ncc(-c2cnc(-c3cnc(-c4cnc([C@@H]5CCCN5C)[nH]4)cn3)cn2)[nH]1)c1ccccc1.CN(C)[C@@H](C=O)c1ccccc1. The molecule has 2 aromatic carbocycles. The van der Waals surface area contributed by atoms with Gasteiger partial charge in [0.25, 0.3) is 0 Å². The van der Waals surface area contributed by atoms with Gasteiger partial charge in [0.2, 0.25) is 5.91 Å². The molecule has 8 rings (SSSR count). The van der Waals surface area contributed by atoms with Crippen LogP contribution < -0.4 is 0 Å². The highest BCUT2D eigenvalue weighted by Crippen LogP contribution is 2.35. The molecule has 2 aliphatic rings. The van der Waals surface area contributed by atoms with Crippen LogP contribution in [0.1, 0.15) is 72.6 Å². The normalized spacial score (nSPS) is 18.1. The molecule has 0 bridgehead atoms. The maximum absolute atomic E-state index is 13.8. The summed E-state index contributed by atoms with van der Waals surface area (Å²) in [4.78, 5) is 67.2. The second-order valence-electron chi connectivity index (χ2n) is 15.0. The van der Waals surface area contributed by atoms with E-state index in [1.54, 1.807) is 31.0 Å². The monoisotopic (exact) mass is 766 g/mol. The minimum Gasteiger partial charge on any atom is -0.339 e. The number of likely N-dealkylation sites (N-methyl/N-ethyl adjacent to an activating group) is 2. The average Bonchev–Trinajstić information content (AvgIpc) is 4.07. The number of hydrogen-bond acceptors (Lipinski definition) is 11. The largest absolute Gasteiger partial charge is 0.339 e. The van der Waals surface area contributed by atoms with Crippen molar-refractivity contribution in [2.75, 3.05) is 48.3 Å². The van der Waals surface area contributed by atoms with Crippen LogP contribution in [-0.4, -0.2) is 120 Å². The summed E-state index contributed by atoms with van der Waals surface area (Å²) in [5, 5.41) is 0. The molecule has 2 fully saturated rings. The Kier molecular flexibility index (Phi) is 12.3. The Morgan fingerprint density at radius 1 is 0.649 bits per heavy atom. The van der Waals surface area contributed by atoms with Crippen molar-refractivity contribution in [3.05, 3.63) is 121 Å². The quantitative estimate of drug-likeness (QED) is 0.151. The molecule has 14 heteroatoms. The highest BCUT2D eigenvalue weighted by atomic mass is 16.2. The number of aldehydes is 1. The van der Waals surface area contributed by atoms with Crippen molar-refractivity contribution in [1.29, 1.82) is 0 Å². The first-order valence-electron chi connectivity index (χ1n) is 19.4. The Balaban J connectivity index is 0.000000356. The van der Waals surface area contributed by atoms with Gasteiger partial charge < -0.3 is 19.7 Å². The van der Waals surface area contributed by atoms with E-state index in [-0.39, 0.29) is 24.0 Å². The van der Waals surface area contributed by atoms with Gasteiger partial charge in [0.05, 0.1) is 66.7 Å². The topological polar surface area (TPSA) is 156 Å². The summed E-state index contributed by atoms with van der Waals surface area (Å²) in [6.45, 7) is 1.79. The molecule has 294 valence electrons. The molecule has 0 unspecified atom stereocenters. The number of nitrogens with zero attached hydrogens (tertiary/aromatic N) is 10. The van der Waals surface area contributed by atoms with E-state index in [0.717, 1.165) is 72.0 Å². The maximum Gasteiger partial charge on any atom is 0.245 e. The van der Waals surface area contributed by atoms with Gasteiger partial charge in [-0.15, -0.1) is 0 Å². The number of carbonyl (C=O) groups is 2. The Morgan fingerprint density at radius 3 is 1.61 bits per heavy atom. The summed E-state index contributed by atoms with van der Waals surface area (Å²) in [5.74, 6) is 1.81. The number of nitrogens with one attached hydrogen (secondary N) is 2. The fourth-order valence-electron chi connectivity index (χ4n) is 7.64. The van der Waals surface area contributed by atoms with Crippen LogP contribution in [0.3, 0.4) is 0 Å². The van der Waals surface area contributed by atoms with Crippen LogP contribution in [0.5, 0.6) is 0 Å². The molecule has 2 saturated heterocycles. The smallest absolute Gasteiger partial charge is 0.245 e. The second kappa shape index (κ2) is 17.9. The molecular formula is C43H50N12O2. The van der Waals surface area contributed by atoms with Crippen LogP contribution in [0.2, 0.25) is 0 Å². The number of amides is 1. The van der Waals surface area contributed by atoms with Crippen LogP contribution >= 0.6 is 0 Å². The van der Waals surface area contributed by atoms with E-state index in [2.05, 4.69) is 51.8 Å². The van der Waals surface area contributed by atoms with Crippen molar-refractivity contribution >= 4 is 12.2 Å². The Hall–Kier alpha value is -5.96.